The number of nitrogens with zero attached hydrogens (tertiary/aromatic N) is 1. The molecule has 4 aromatic carbocycles. The second-order valence-electron chi connectivity index (χ2n) is 8.43. The number of imide groups is 1. The van der Waals surface area contributed by atoms with E-state index in [9.17, 15) is 9.59 Å². The Kier molecular flexibility index (Phi) is 3.14. The second-order valence-corrected chi connectivity index (χ2v) is 8.43. The number of carbonyl (C=O) groups is 2. The first-order valence-corrected chi connectivity index (χ1v) is 10.5. The maximum atomic E-state index is 13.0. The summed E-state index contributed by atoms with van der Waals surface area (Å²) in [5.41, 5.74) is 9.40. The molecule has 0 radical (unpaired) electrons. The van der Waals surface area contributed by atoms with Gasteiger partial charge in [-0.15, -0.1) is 0 Å². The molecule has 3 heteroatoms. The van der Waals surface area contributed by atoms with E-state index in [1.165, 1.54) is 38.3 Å². The summed E-state index contributed by atoms with van der Waals surface area (Å²) in [7, 11) is 0. The third kappa shape index (κ3) is 2.03. The molecule has 4 aromatic rings. The fraction of sp³-hybridized carbons (Fsp3) is 0.0714. The van der Waals surface area contributed by atoms with Crippen LogP contribution in [0.25, 0.3) is 0 Å². The number of fused-ring (bicyclic) bond motifs is 1. The molecular weight excluding hydrogens is 382 g/mol. The van der Waals surface area contributed by atoms with Crippen LogP contribution in [0.1, 0.15) is 65.9 Å². The van der Waals surface area contributed by atoms with Gasteiger partial charge in [-0.3, -0.25) is 9.59 Å². The molecule has 3 nitrogen and oxygen atoms in total. The maximum Gasteiger partial charge on any atom is 0.266 e. The lowest BCUT2D eigenvalue weighted by Gasteiger charge is -2.42. The smallest absolute Gasteiger partial charge is 0.266 e. The average molecular weight is 399 g/mol. The molecule has 0 aromatic heterocycles. The van der Waals surface area contributed by atoms with Crippen LogP contribution in [0.15, 0.2) is 91.0 Å². The molecule has 8 rings (SSSR count). The van der Waals surface area contributed by atoms with Crippen molar-refractivity contribution >= 4 is 17.5 Å². The largest absolute Gasteiger partial charge is 0.268 e. The van der Waals surface area contributed by atoms with Gasteiger partial charge in [0, 0.05) is 11.8 Å². The third-order valence-corrected chi connectivity index (χ3v) is 6.98. The van der Waals surface area contributed by atoms with Crippen molar-refractivity contribution in [2.24, 2.45) is 0 Å². The van der Waals surface area contributed by atoms with E-state index in [-0.39, 0.29) is 23.7 Å². The number of hydrogen-bond donors (Lipinski definition) is 0. The molecule has 0 saturated carbocycles. The van der Waals surface area contributed by atoms with Gasteiger partial charge in [0.15, 0.2) is 0 Å². The van der Waals surface area contributed by atoms with Gasteiger partial charge >= 0.3 is 0 Å². The lowest BCUT2D eigenvalue weighted by Crippen LogP contribution is -2.31. The molecule has 4 aliphatic rings. The zero-order valence-electron chi connectivity index (χ0n) is 16.6. The summed E-state index contributed by atoms with van der Waals surface area (Å²) < 4.78 is 0. The fourth-order valence-corrected chi connectivity index (χ4v) is 5.72. The predicted octanol–water partition coefficient (Wildman–Crippen LogP) is 5.47. The average Bonchev–Trinajstić information content (AvgIpc) is 3.08. The molecule has 31 heavy (non-hydrogen) atoms. The quantitative estimate of drug-likeness (QED) is 0.344. The van der Waals surface area contributed by atoms with Crippen LogP contribution < -0.4 is 4.90 Å². The van der Waals surface area contributed by atoms with Crippen LogP contribution >= 0.6 is 0 Å². The van der Waals surface area contributed by atoms with Gasteiger partial charge in [0.1, 0.15) is 0 Å². The minimum atomic E-state index is -0.248. The number of carbonyl (C=O) groups excluding carboxylic acids is 2. The Balaban J connectivity index is 1.43. The minimum Gasteiger partial charge on any atom is -0.268 e. The molecule has 2 bridgehead atoms. The Labute approximate surface area is 179 Å². The Morgan fingerprint density at radius 1 is 0.484 bits per heavy atom. The summed E-state index contributed by atoms with van der Waals surface area (Å²) in [4.78, 5) is 27.4. The van der Waals surface area contributed by atoms with Crippen molar-refractivity contribution in [2.75, 3.05) is 4.90 Å². The lowest BCUT2D eigenvalue weighted by molar-refractivity contribution is 0.0926. The van der Waals surface area contributed by atoms with Crippen molar-refractivity contribution in [1.82, 2.24) is 0 Å². The first-order chi connectivity index (χ1) is 15.2. The monoisotopic (exact) mass is 399 g/mol. The molecular formula is C28H17NO2. The fourth-order valence-electron chi connectivity index (χ4n) is 5.72. The van der Waals surface area contributed by atoms with Crippen molar-refractivity contribution in [2.45, 2.75) is 11.8 Å². The van der Waals surface area contributed by atoms with E-state index in [1.807, 2.05) is 6.07 Å². The van der Waals surface area contributed by atoms with Gasteiger partial charge in [-0.1, -0.05) is 66.7 Å². The summed E-state index contributed by atoms with van der Waals surface area (Å²) in [5.74, 6) is -0.198. The molecule has 1 aliphatic heterocycles. The summed E-state index contributed by atoms with van der Waals surface area (Å²) in [6.07, 6.45) is 0. The van der Waals surface area contributed by atoms with E-state index >= 15 is 0 Å². The maximum absolute atomic E-state index is 13.0. The lowest BCUT2D eigenvalue weighted by atomic mass is 9.61. The van der Waals surface area contributed by atoms with Gasteiger partial charge in [-0.25, -0.2) is 4.90 Å². The highest BCUT2D eigenvalue weighted by atomic mass is 16.2. The molecule has 1 heterocycles. The van der Waals surface area contributed by atoms with Crippen LogP contribution in [0.2, 0.25) is 0 Å². The number of benzene rings is 4. The molecule has 146 valence electrons. The molecule has 3 aliphatic carbocycles. The summed E-state index contributed by atoms with van der Waals surface area (Å²) in [6, 6.07) is 30.4. The van der Waals surface area contributed by atoms with Crippen LogP contribution in [0, 0.1) is 0 Å². The minimum absolute atomic E-state index is 0.113. The normalized spacial score (nSPS) is 19.7. The van der Waals surface area contributed by atoms with Crippen LogP contribution in [0.5, 0.6) is 0 Å². The Morgan fingerprint density at radius 3 is 1.42 bits per heavy atom. The summed E-state index contributed by atoms with van der Waals surface area (Å²) in [5, 5.41) is 0. The SMILES string of the molecule is O=C1c2ccccc2C(=O)N1c1ccc2c(c1)C1c3ccccc3C2c2ccccc21. The van der Waals surface area contributed by atoms with Gasteiger partial charge in [0.05, 0.1) is 16.8 Å². The Bertz CT molecular complexity index is 1370. The van der Waals surface area contributed by atoms with E-state index in [1.54, 1.807) is 24.3 Å². The number of rotatable bonds is 1. The Hall–Kier alpha value is -3.98. The molecule has 0 unspecified atom stereocenters. The van der Waals surface area contributed by atoms with Crippen LogP contribution in [0.3, 0.4) is 0 Å². The molecule has 0 saturated heterocycles. The zero-order chi connectivity index (χ0) is 20.7. The van der Waals surface area contributed by atoms with Gasteiger partial charge in [0.25, 0.3) is 11.8 Å². The van der Waals surface area contributed by atoms with Gasteiger partial charge < -0.3 is 0 Å². The molecule has 0 N–H and O–H groups in total. The number of anilines is 1. The molecule has 0 spiro atoms. The highest BCUT2D eigenvalue weighted by molar-refractivity contribution is 6.34. The van der Waals surface area contributed by atoms with Crippen LogP contribution in [0.4, 0.5) is 5.69 Å². The highest BCUT2D eigenvalue weighted by Gasteiger charge is 2.42. The summed E-state index contributed by atoms with van der Waals surface area (Å²) in [6.45, 7) is 0. The van der Waals surface area contributed by atoms with Crippen LogP contribution in [-0.4, -0.2) is 11.8 Å². The predicted molar refractivity (Wildman–Crippen MR) is 119 cm³/mol. The van der Waals surface area contributed by atoms with Crippen molar-refractivity contribution in [1.29, 1.82) is 0 Å². The third-order valence-electron chi connectivity index (χ3n) is 6.98. The van der Waals surface area contributed by atoms with E-state index in [0.29, 0.717) is 16.8 Å². The highest BCUT2D eigenvalue weighted by Crippen LogP contribution is 2.56. The van der Waals surface area contributed by atoms with Crippen molar-refractivity contribution in [3.8, 4) is 0 Å². The van der Waals surface area contributed by atoms with E-state index in [2.05, 4.69) is 60.7 Å². The zero-order valence-corrected chi connectivity index (χ0v) is 16.6. The standard InChI is InChI=1S/C28H17NO2/c30-27-22-11-5-6-12-23(22)28(31)29(27)16-13-14-21-24(15-16)26-19-9-3-1-7-17(19)25(21)18-8-2-4-10-20(18)26/h1-15,25-26H. The van der Waals surface area contributed by atoms with E-state index in [4.69, 9.17) is 0 Å². The Morgan fingerprint density at radius 2 is 0.903 bits per heavy atom. The molecule has 0 atom stereocenters. The van der Waals surface area contributed by atoms with Crippen LogP contribution in [-0.2, 0) is 0 Å². The summed E-state index contributed by atoms with van der Waals surface area (Å²) >= 11 is 0. The first-order valence-electron chi connectivity index (χ1n) is 10.5. The number of amides is 2. The molecule has 2 amide bonds. The van der Waals surface area contributed by atoms with E-state index < -0.39 is 0 Å². The topological polar surface area (TPSA) is 37.4 Å². The van der Waals surface area contributed by atoms with E-state index in [0.717, 1.165) is 0 Å². The van der Waals surface area contributed by atoms with Crippen molar-refractivity contribution in [3.63, 3.8) is 0 Å². The molecule has 0 fully saturated rings. The van der Waals surface area contributed by atoms with Crippen molar-refractivity contribution in [3.05, 3.63) is 136 Å². The van der Waals surface area contributed by atoms with Crippen molar-refractivity contribution < 1.29 is 9.59 Å². The van der Waals surface area contributed by atoms with Gasteiger partial charge in [0.2, 0.25) is 0 Å². The first kappa shape index (κ1) is 16.8. The van der Waals surface area contributed by atoms with Gasteiger partial charge in [-0.05, 0) is 57.6 Å². The van der Waals surface area contributed by atoms with Gasteiger partial charge in [-0.2, -0.15) is 0 Å². The number of hydrogen-bond acceptors (Lipinski definition) is 2. The second kappa shape index (κ2) is 5.79.